The van der Waals surface area contributed by atoms with Crippen LogP contribution in [0.5, 0.6) is 0 Å². The number of anilines is 1. The third-order valence-corrected chi connectivity index (χ3v) is 2.87. The standard InChI is InChI=1S/C10H16N2O3S/c1-3-4-7(5-15-2)12-9-8(10(13)14)11-6-16-9/h6-7,12H,3-5H2,1-2H3,(H,13,14). The molecule has 16 heavy (non-hydrogen) atoms. The number of ether oxygens (including phenoxy) is 1. The average Bonchev–Trinajstić information content (AvgIpc) is 2.66. The lowest BCUT2D eigenvalue weighted by molar-refractivity contribution is 0.0692. The number of aromatic carboxylic acids is 1. The monoisotopic (exact) mass is 244 g/mol. The number of hydrogen-bond acceptors (Lipinski definition) is 5. The van der Waals surface area contributed by atoms with E-state index in [0.29, 0.717) is 11.6 Å². The van der Waals surface area contributed by atoms with Gasteiger partial charge in [0.2, 0.25) is 0 Å². The van der Waals surface area contributed by atoms with Gasteiger partial charge in [-0.25, -0.2) is 9.78 Å². The zero-order valence-corrected chi connectivity index (χ0v) is 10.2. The molecule has 1 heterocycles. The Hall–Kier alpha value is -1.14. The highest BCUT2D eigenvalue weighted by Crippen LogP contribution is 2.22. The fourth-order valence-corrected chi connectivity index (χ4v) is 2.18. The molecular weight excluding hydrogens is 228 g/mol. The number of rotatable bonds is 7. The summed E-state index contributed by atoms with van der Waals surface area (Å²) in [6.45, 7) is 2.64. The quantitative estimate of drug-likeness (QED) is 0.768. The minimum absolute atomic E-state index is 0.0854. The van der Waals surface area contributed by atoms with Crippen molar-refractivity contribution in [1.29, 1.82) is 0 Å². The number of nitrogens with one attached hydrogen (secondary N) is 1. The van der Waals surface area contributed by atoms with Gasteiger partial charge in [-0.05, 0) is 6.42 Å². The summed E-state index contributed by atoms with van der Waals surface area (Å²) in [5.74, 6) is -1.00. The van der Waals surface area contributed by atoms with Gasteiger partial charge in [0, 0.05) is 7.11 Å². The molecule has 0 fully saturated rings. The van der Waals surface area contributed by atoms with Gasteiger partial charge in [-0.1, -0.05) is 13.3 Å². The fourth-order valence-electron chi connectivity index (χ4n) is 1.43. The first-order chi connectivity index (χ1) is 7.69. The lowest BCUT2D eigenvalue weighted by Crippen LogP contribution is -2.25. The van der Waals surface area contributed by atoms with Crippen LogP contribution in [0.1, 0.15) is 30.3 Å². The van der Waals surface area contributed by atoms with E-state index in [1.807, 2.05) is 0 Å². The predicted molar refractivity (Wildman–Crippen MR) is 63.3 cm³/mol. The third kappa shape index (κ3) is 3.46. The molecule has 0 aromatic carbocycles. The Kier molecular flexibility index (Phi) is 5.21. The van der Waals surface area contributed by atoms with Crippen LogP contribution in [-0.4, -0.2) is 35.8 Å². The lowest BCUT2D eigenvalue weighted by atomic mass is 10.2. The molecule has 1 unspecified atom stereocenters. The van der Waals surface area contributed by atoms with Gasteiger partial charge >= 0.3 is 5.97 Å². The van der Waals surface area contributed by atoms with E-state index in [0.717, 1.165) is 12.8 Å². The Balaban J connectivity index is 2.68. The van der Waals surface area contributed by atoms with Crippen LogP contribution in [0.3, 0.4) is 0 Å². The van der Waals surface area contributed by atoms with Crippen LogP contribution >= 0.6 is 11.3 Å². The number of carboxylic acids is 1. The largest absolute Gasteiger partial charge is 0.476 e. The fraction of sp³-hybridized carbons (Fsp3) is 0.600. The topological polar surface area (TPSA) is 71.5 Å². The molecule has 0 spiro atoms. The highest BCUT2D eigenvalue weighted by atomic mass is 32.1. The molecule has 0 amide bonds. The second-order valence-corrected chi connectivity index (χ2v) is 4.28. The maximum atomic E-state index is 10.9. The van der Waals surface area contributed by atoms with Crippen molar-refractivity contribution in [3.8, 4) is 0 Å². The summed E-state index contributed by atoms with van der Waals surface area (Å²) in [5.41, 5.74) is 1.61. The SMILES string of the molecule is CCCC(COC)Nc1scnc1C(=O)O. The normalized spacial score (nSPS) is 12.4. The number of aromatic nitrogens is 1. The van der Waals surface area contributed by atoms with Gasteiger partial charge in [0.15, 0.2) is 5.69 Å². The van der Waals surface area contributed by atoms with E-state index in [-0.39, 0.29) is 11.7 Å². The van der Waals surface area contributed by atoms with Gasteiger partial charge < -0.3 is 15.2 Å². The zero-order chi connectivity index (χ0) is 12.0. The molecule has 0 saturated carbocycles. The van der Waals surface area contributed by atoms with E-state index in [2.05, 4.69) is 17.2 Å². The average molecular weight is 244 g/mol. The molecule has 1 rings (SSSR count). The molecule has 0 aliphatic carbocycles. The van der Waals surface area contributed by atoms with Gasteiger partial charge in [0.1, 0.15) is 5.00 Å². The Morgan fingerprint density at radius 1 is 1.75 bits per heavy atom. The van der Waals surface area contributed by atoms with E-state index in [4.69, 9.17) is 9.84 Å². The molecule has 1 aromatic heterocycles. The lowest BCUT2D eigenvalue weighted by Gasteiger charge is -2.17. The number of carboxylic acid groups (broad SMARTS) is 1. The van der Waals surface area contributed by atoms with Gasteiger partial charge in [0.25, 0.3) is 0 Å². The van der Waals surface area contributed by atoms with Crippen LogP contribution < -0.4 is 5.32 Å². The van der Waals surface area contributed by atoms with Crippen molar-refractivity contribution in [3.63, 3.8) is 0 Å². The first-order valence-electron chi connectivity index (χ1n) is 5.11. The van der Waals surface area contributed by atoms with Crippen LogP contribution in [0.4, 0.5) is 5.00 Å². The van der Waals surface area contributed by atoms with E-state index in [9.17, 15) is 4.79 Å². The number of carbonyl (C=O) groups is 1. The van der Waals surface area contributed by atoms with Gasteiger partial charge in [-0.2, -0.15) is 0 Å². The highest BCUT2D eigenvalue weighted by Gasteiger charge is 2.16. The minimum Gasteiger partial charge on any atom is -0.476 e. The minimum atomic E-state index is -1.00. The van der Waals surface area contributed by atoms with Crippen molar-refractivity contribution in [1.82, 2.24) is 4.98 Å². The van der Waals surface area contributed by atoms with Gasteiger partial charge in [-0.3, -0.25) is 0 Å². The third-order valence-electron chi connectivity index (χ3n) is 2.11. The molecule has 0 aliphatic rings. The summed E-state index contributed by atoms with van der Waals surface area (Å²) in [7, 11) is 1.63. The molecule has 0 bridgehead atoms. The number of thiazole rings is 1. The highest BCUT2D eigenvalue weighted by molar-refractivity contribution is 7.14. The number of nitrogens with zero attached hydrogens (tertiary/aromatic N) is 1. The molecule has 90 valence electrons. The molecule has 1 aromatic rings. The van der Waals surface area contributed by atoms with Gasteiger partial charge in [0.05, 0.1) is 18.2 Å². The predicted octanol–water partition coefficient (Wildman–Crippen LogP) is 2.07. The van der Waals surface area contributed by atoms with Crippen LogP contribution in [0.15, 0.2) is 5.51 Å². The smallest absolute Gasteiger partial charge is 0.357 e. The zero-order valence-electron chi connectivity index (χ0n) is 9.40. The van der Waals surface area contributed by atoms with Crippen molar-refractivity contribution in [2.75, 3.05) is 19.0 Å². The second kappa shape index (κ2) is 6.44. The molecule has 0 radical (unpaired) electrons. The summed E-state index contributed by atoms with van der Waals surface area (Å²) < 4.78 is 5.08. The Labute approximate surface area is 98.5 Å². The number of hydrogen-bond donors (Lipinski definition) is 2. The molecule has 0 aliphatic heterocycles. The van der Waals surface area contributed by atoms with E-state index >= 15 is 0 Å². The van der Waals surface area contributed by atoms with Crippen LogP contribution in [0.25, 0.3) is 0 Å². The van der Waals surface area contributed by atoms with Crippen LogP contribution in [0, 0.1) is 0 Å². The molecule has 0 saturated heterocycles. The van der Waals surface area contributed by atoms with E-state index in [1.54, 1.807) is 7.11 Å². The van der Waals surface area contributed by atoms with Crippen molar-refractivity contribution in [2.45, 2.75) is 25.8 Å². The Bertz CT molecular complexity index is 335. The summed E-state index contributed by atoms with van der Waals surface area (Å²) in [4.78, 5) is 14.7. The molecule has 6 heteroatoms. The second-order valence-electron chi connectivity index (χ2n) is 3.42. The Morgan fingerprint density at radius 2 is 2.50 bits per heavy atom. The summed E-state index contributed by atoms with van der Waals surface area (Å²) in [6, 6.07) is 0.133. The summed E-state index contributed by atoms with van der Waals surface area (Å²) >= 11 is 1.30. The summed E-state index contributed by atoms with van der Waals surface area (Å²) in [6.07, 6.45) is 1.95. The maximum absolute atomic E-state index is 10.9. The van der Waals surface area contributed by atoms with E-state index in [1.165, 1.54) is 16.8 Å². The van der Waals surface area contributed by atoms with Crippen molar-refractivity contribution >= 4 is 22.3 Å². The van der Waals surface area contributed by atoms with Crippen LogP contribution in [-0.2, 0) is 4.74 Å². The molecule has 2 N–H and O–H groups in total. The molecular formula is C10H16N2O3S. The number of methoxy groups -OCH3 is 1. The molecule has 5 nitrogen and oxygen atoms in total. The van der Waals surface area contributed by atoms with Crippen molar-refractivity contribution in [2.24, 2.45) is 0 Å². The van der Waals surface area contributed by atoms with Crippen LogP contribution in [0.2, 0.25) is 0 Å². The first kappa shape index (κ1) is 12.9. The molecule has 1 atom stereocenters. The van der Waals surface area contributed by atoms with E-state index < -0.39 is 5.97 Å². The maximum Gasteiger partial charge on any atom is 0.357 e. The first-order valence-corrected chi connectivity index (χ1v) is 5.99. The van der Waals surface area contributed by atoms with Crippen molar-refractivity contribution < 1.29 is 14.6 Å². The van der Waals surface area contributed by atoms with Crippen molar-refractivity contribution in [3.05, 3.63) is 11.2 Å². The van der Waals surface area contributed by atoms with Gasteiger partial charge in [-0.15, -0.1) is 11.3 Å². The Morgan fingerprint density at radius 3 is 3.06 bits per heavy atom. The summed E-state index contributed by atoms with van der Waals surface area (Å²) in [5, 5.41) is 12.7.